The van der Waals surface area contributed by atoms with E-state index in [4.69, 9.17) is 14.0 Å². The fourth-order valence-corrected chi connectivity index (χ4v) is 6.45. The average Bonchev–Trinajstić information content (AvgIpc) is 3.43. The lowest BCUT2D eigenvalue weighted by atomic mass is 9.77. The fraction of sp³-hybridized carbons (Fsp3) is 0.500. The highest BCUT2D eigenvalue weighted by Crippen LogP contribution is 2.38. The molecule has 2 fully saturated rings. The van der Waals surface area contributed by atoms with Gasteiger partial charge in [0.1, 0.15) is 5.60 Å². The average molecular weight is 577 g/mol. The third-order valence-electron chi connectivity index (χ3n) is 8.35. The number of fused-ring (bicyclic) bond motifs is 1. The maximum atomic E-state index is 13.6. The zero-order chi connectivity index (χ0) is 29.6. The summed E-state index contributed by atoms with van der Waals surface area (Å²) in [5.41, 5.74) is 1.88. The van der Waals surface area contributed by atoms with Gasteiger partial charge in [-0.2, -0.15) is 0 Å². The molecule has 2 aliphatic rings. The van der Waals surface area contributed by atoms with Crippen LogP contribution < -0.4 is 10.8 Å². The van der Waals surface area contributed by atoms with Crippen molar-refractivity contribution in [3.05, 3.63) is 64.5 Å². The number of nitrogens with one attached hydrogen (secondary N) is 1. The lowest BCUT2D eigenvalue weighted by Gasteiger charge is -2.32. The smallest absolute Gasteiger partial charge is 0.444 e. The summed E-state index contributed by atoms with van der Waals surface area (Å²) in [7, 11) is -0.466. The molecule has 2 aliphatic heterocycles. The molecule has 5 rings (SSSR count). The summed E-state index contributed by atoms with van der Waals surface area (Å²) in [6, 6.07) is 16.5. The lowest BCUT2D eigenvalue weighted by molar-refractivity contribution is 0.00578. The molecule has 218 valence electrons. The van der Waals surface area contributed by atoms with Gasteiger partial charge in [-0.3, -0.25) is 4.79 Å². The molecule has 2 aromatic carbocycles. The molecule has 0 aliphatic carbocycles. The van der Waals surface area contributed by atoms with Gasteiger partial charge in [0.2, 0.25) is 0 Å². The summed E-state index contributed by atoms with van der Waals surface area (Å²) in [5.74, 6) is 0.456. The number of likely N-dealkylation sites (tertiary alicyclic amines) is 1. The zero-order valence-corrected chi connectivity index (χ0v) is 26.0. The van der Waals surface area contributed by atoms with Crippen molar-refractivity contribution < 1.29 is 23.6 Å². The molecule has 0 spiro atoms. The molecule has 1 aromatic heterocycles. The van der Waals surface area contributed by atoms with Gasteiger partial charge < -0.3 is 24.3 Å². The van der Waals surface area contributed by atoms with Crippen molar-refractivity contribution in [2.24, 2.45) is 0 Å². The Hall–Kier alpha value is -2.88. The molecule has 2 amide bonds. The highest BCUT2D eigenvalue weighted by molar-refractivity contribution is 7.21. The third kappa shape index (κ3) is 6.47. The Bertz CT molecular complexity index is 1420. The predicted octanol–water partition coefficient (Wildman–Crippen LogP) is 6.25. The normalized spacial score (nSPS) is 19.0. The Morgan fingerprint density at radius 2 is 1.68 bits per heavy atom. The zero-order valence-electron chi connectivity index (χ0n) is 25.2. The minimum atomic E-state index is -0.525. The van der Waals surface area contributed by atoms with E-state index in [9.17, 15) is 9.59 Å². The minimum absolute atomic E-state index is 0.0832. The highest BCUT2D eigenvalue weighted by Gasteiger charge is 2.52. The molecule has 0 unspecified atom stereocenters. The molecular weight excluding hydrogens is 535 g/mol. The highest BCUT2D eigenvalue weighted by atomic mass is 32.1. The predicted molar refractivity (Wildman–Crippen MR) is 165 cm³/mol. The van der Waals surface area contributed by atoms with Gasteiger partial charge in [0, 0.05) is 24.3 Å². The molecule has 41 heavy (non-hydrogen) atoms. The Labute approximate surface area is 247 Å². The monoisotopic (exact) mass is 576 g/mol. The molecule has 9 heteroatoms. The topological polar surface area (TPSA) is 77.1 Å². The molecule has 1 N–H and O–H groups in total. The summed E-state index contributed by atoms with van der Waals surface area (Å²) < 4.78 is 19.0. The molecule has 0 radical (unpaired) electrons. The van der Waals surface area contributed by atoms with Crippen LogP contribution in [0.5, 0.6) is 0 Å². The molecular formula is C32H41BN2O5S. The van der Waals surface area contributed by atoms with Crippen molar-refractivity contribution in [1.29, 1.82) is 0 Å². The van der Waals surface area contributed by atoms with E-state index in [0.717, 1.165) is 38.8 Å². The lowest BCUT2D eigenvalue weighted by Crippen LogP contribution is -2.41. The summed E-state index contributed by atoms with van der Waals surface area (Å²) in [5, 5.41) is 3.86. The summed E-state index contributed by atoms with van der Waals surface area (Å²) in [6.45, 7) is 15.6. The van der Waals surface area contributed by atoms with E-state index in [0.29, 0.717) is 25.6 Å². The maximum Gasteiger partial charge on any atom is 0.495 e. The van der Waals surface area contributed by atoms with Crippen LogP contribution >= 0.6 is 11.3 Å². The van der Waals surface area contributed by atoms with Crippen LogP contribution in [0.2, 0.25) is 0 Å². The van der Waals surface area contributed by atoms with Crippen LogP contribution in [0.3, 0.4) is 0 Å². The number of benzene rings is 2. The van der Waals surface area contributed by atoms with E-state index in [1.54, 1.807) is 0 Å². The number of piperidine rings is 1. The summed E-state index contributed by atoms with van der Waals surface area (Å²) in [4.78, 5) is 28.3. The number of carbonyl (C=O) groups excluding carboxylic acids is 2. The van der Waals surface area contributed by atoms with Crippen LogP contribution in [0.1, 0.15) is 88.0 Å². The van der Waals surface area contributed by atoms with Crippen molar-refractivity contribution in [1.82, 2.24) is 10.2 Å². The van der Waals surface area contributed by atoms with E-state index in [1.807, 2.05) is 56.0 Å². The number of rotatable bonds is 5. The van der Waals surface area contributed by atoms with E-state index < -0.39 is 30.0 Å². The summed E-state index contributed by atoms with van der Waals surface area (Å²) >= 11 is 1.53. The SMILES string of the molecule is CC(C)(C)OC(=O)NCc1cccc(C2CCN(C(=O)c3cc4c(B5OC(C)(C)C(C)(C)O5)cccc4s3)CC2)c1. The van der Waals surface area contributed by atoms with Crippen molar-refractivity contribution in [3.63, 3.8) is 0 Å². The first-order valence-corrected chi connectivity index (χ1v) is 15.3. The van der Waals surface area contributed by atoms with Crippen LogP contribution in [-0.2, 0) is 20.6 Å². The quantitative estimate of drug-likeness (QED) is 0.364. The number of carbonyl (C=O) groups is 2. The third-order valence-corrected chi connectivity index (χ3v) is 9.44. The van der Waals surface area contributed by atoms with Gasteiger partial charge in [-0.15, -0.1) is 11.3 Å². The Balaban J connectivity index is 1.22. The molecule has 0 atom stereocenters. The van der Waals surface area contributed by atoms with E-state index >= 15 is 0 Å². The first-order valence-electron chi connectivity index (χ1n) is 14.5. The van der Waals surface area contributed by atoms with Crippen LogP contribution in [0.15, 0.2) is 48.5 Å². The van der Waals surface area contributed by atoms with Crippen LogP contribution in [0, 0.1) is 0 Å². The number of hydrogen-bond acceptors (Lipinski definition) is 6. The van der Waals surface area contributed by atoms with E-state index in [-0.39, 0.29) is 5.91 Å². The second-order valence-corrected chi connectivity index (χ2v) is 14.2. The van der Waals surface area contributed by atoms with Gasteiger partial charge in [-0.1, -0.05) is 36.4 Å². The molecule has 0 bridgehead atoms. The molecule has 7 nitrogen and oxygen atoms in total. The largest absolute Gasteiger partial charge is 0.495 e. The molecule has 3 aromatic rings. The van der Waals surface area contributed by atoms with Crippen LogP contribution in [0.25, 0.3) is 10.1 Å². The van der Waals surface area contributed by atoms with Crippen molar-refractivity contribution in [3.8, 4) is 0 Å². The standard InChI is InChI=1S/C32H41BN2O5S/c1-30(2,3)38-29(37)34-20-21-10-8-11-23(18-21)22-14-16-35(17-15-22)28(36)27-19-24-25(12-9-13-26(24)41-27)33-39-31(4,5)32(6,7)40-33/h8-13,18-19,22H,14-17,20H2,1-7H3,(H,34,37). The number of alkyl carbamates (subject to hydrolysis) is 1. The van der Waals surface area contributed by atoms with E-state index in [2.05, 4.69) is 51.2 Å². The van der Waals surface area contributed by atoms with Crippen LogP contribution in [0.4, 0.5) is 4.79 Å². The first-order chi connectivity index (χ1) is 19.2. The van der Waals surface area contributed by atoms with Gasteiger partial charge in [-0.05, 0) is 101 Å². The maximum absolute atomic E-state index is 13.6. The molecule has 2 saturated heterocycles. The van der Waals surface area contributed by atoms with Gasteiger partial charge in [0.15, 0.2) is 0 Å². The summed E-state index contributed by atoms with van der Waals surface area (Å²) in [6.07, 6.45) is 1.39. The number of nitrogens with zero attached hydrogens (tertiary/aromatic N) is 1. The van der Waals surface area contributed by atoms with Crippen molar-refractivity contribution in [2.45, 2.75) is 90.6 Å². The molecule has 3 heterocycles. The van der Waals surface area contributed by atoms with Gasteiger partial charge in [0.05, 0.1) is 16.1 Å². The number of ether oxygens (including phenoxy) is 1. The second kappa shape index (κ2) is 11.1. The van der Waals surface area contributed by atoms with Crippen LogP contribution in [-0.4, -0.2) is 53.9 Å². The van der Waals surface area contributed by atoms with Gasteiger partial charge >= 0.3 is 13.2 Å². The van der Waals surface area contributed by atoms with Crippen molar-refractivity contribution in [2.75, 3.05) is 13.1 Å². The van der Waals surface area contributed by atoms with Gasteiger partial charge in [0.25, 0.3) is 5.91 Å². The minimum Gasteiger partial charge on any atom is -0.444 e. The first kappa shape index (κ1) is 29.6. The molecule has 0 saturated carbocycles. The second-order valence-electron chi connectivity index (χ2n) is 13.1. The fourth-order valence-electron chi connectivity index (χ4n) is 5.38. The van der Waals surface area contributed by atoms with E-state index in [1.165, 1.54) is 16.9 Å². The van der Waals surface area contributed by atoms with Crippen molar-refractivity contribution >= 4 is 46.0 Å². The number of thiophene rings is 1. The Morgan fingerprint density at radius 1 is 1.02 bits per heavy atom. The Morgan fingerprint density at radius 3 is 2.34 bits per heavy atom. The van der Waals surface area contributed by atoms with Gasteiger partial charge in [-0.25, -0.2) is 4.79 Å². The Kier molecular flexibility index (Phi) is 8.00. The number of amides is 2. The number of hydrogen-bond donors (Lipinski definition) is 1.